The number of aliphatic carboxylic acids is 1. The van der Waals surface area contributed by atoms with E-state index in [0.29, 0.717) is 11.1 Å². The van der Waals surface area contributed by atoms with Crippen LogP contribution in [0.3, 0.4) is 0 Å². The topological polar surface area (TPSA) is 111 Å². The molecule has 1 amide bonds. The summed E-state index contributed by atoms with van der Waals surface area (Å²) in [6, 6.07) is 0. The quantitative estimate of drug-likeness (QED) is 0.683. The maximum Gasteiger partial charge on any atom is 0.313 e. The van der Waals surface area contributed by atoms with Gasteiger partial charge >= 0.3 is 5.97 Å². The lowest BCUT2D eigenvalue weighted by atomic mass is 10.4. The zero-order valence-electron chi connectivity index (χ0n) is 9.00. The number of hydrogen-bond acceptors (Lipinski definition) is 5. The molecule has 1 heterocycles. The van der Waals surface area contributed by atoms with Gasteiger partial charge in [0.1, 0.15) is 12.4 Å². The molecule has 8 heteroatoms. The van der Waals surface area contributed by atoms with Gasteiger partial charge in [-0.1, -0.05) is 11.8 Å². The Kier molecular flexibility index (Phi) is 3.32. The molecule has 0 bridgehead atoms. The lowest BCUT2D eigenvalue weighted by molar-refractivity contribution is -0.133. The minimum atomic E-state index is -0.934. The second kappa shape index (κ2) is 4.74. The van der Waals surface area contributed by atoms with Crippen molar-refractivity contribution < 1.29 is 14.7 Å². The van der Waals surface area contributed by atoms with E-state index in [9.17, 15) is 9.59 Å². The molecule has 0 atom stereocenters. The van der Waals surface area contributed by atoms with Crippen LogP contribution < -0.4 is 5.73 Å². The molecule has 1 aromatic heterocycles. The molecule has 3 N–H and O–H groups in total. The molecule has 92 valence electrons. The fraction of sp³-hybridized carbons (Fsp3) is 0.556. The Morgan fingerprint density at radius 3 is 2.71 bits per heavy atom. The highest BCUT2D eigenvalue weighted by atomic mass is 32.2. The van der Waals surface area contributed by atoms with Crippen LogP contribution in [-0.2, 0) is 16.1 Å². The molecule has 1 aliphatic rings. The van der Waals surface area contributed by atoms with Crippen molar-refractivity contribution >= 4 is 23.6 Å². The molecule has 1 aromatic rings. The van der Waals surface area contributed by atoms with Gasteiger partial charge in [-0.15, -0.1) is 10.2 Å². The van der Waals surface area contributed by atoms with Crippen molar-refractivity contribution in [3.8, 4) is 0 Å². The van der Waals surface area contributed by atoms with E-state index in [-0.39, 0.29) is 12.3 Å². The van der Waals surface area contributed by atoms with Crippen LogP contribution in [0.5, 0.6) is 0 Å². The van der Waals surface area contributed by atoms with Gasteiger partial charge in [0, 0.05) is 5.92 Å². The van der Waals surface area contributed by atoms with E-state index in [1.165, 1.54) is 0 Å². The maximum atomic E-state index is 11.0. The van der Waals surface area contributed by atoms with E-state index in [2.05, 4.69) is 10.2 Å². The monoisotopic (exact) mass is 256 g/mol. The van der Waals surface area contributed by atoms with E-state index in [1.807, 2.05) is 0 Å². The molecule has 1 saturated carbocycles. The lowest BCUT2D eigenvalue weighted by Gasteiger charge is -2.06. The smallest absolute Gasteiger partial charge is 0.313 e. The number of aromatic nitrogens is 3. The van der Waals surface area contributed by atoms with Gasteiger partial charge in [0.15, 0.2) is 5.16 Å². The first kappa shape index (κ1) is 11.9. The highest BCUT2D eigenvalue weighted by Crippen LogP contribution is 2.39. The Morgan fingerprint density at radius 1 is 1.47 bits per heavy atom. The molecule has 0 aromatic carbocycles. The van der Waals surface area contributed by atoms with E-state index >= 15 is 0 Å². The summed E-state index contributed by atoms with van der Waals surface area (Å²) < 4.78 is 1.62. The van der Waals surface area contributed by atoms with Gasteiger partial charge in [-0.3, -0.25) is 14.2 Å². The molecule has 0 aliphatic heterocycles. The van der Waals surface area contributed by atoms with Crippen LogP contribution in [0.25, 0.3) is 0 Å². The highest BCUT2D eigenvalue weighted by molar-refractivity contribution is 7.99. The number of nitrogens with zero attached hydrogens (tertiary/aromatic N) is 3. The Labute approximate surface area is 101 Å². The van der Waals surface area contributed by atoms with Crippen LogP contribution in [0.1, 0.15) is 24.6 Å². The number of carboxylic acids is 1. The van der Waals surface area contributed by atoms with Crippen molar-refractivity contribution in [1.29, 1.82) is 0 Å². The van der Waals surface area contributed by atoms with Gasteiger partial charge in [-0.2, -0.15) is 0 Å². The third-order valence-corrected chi connectivity index (χ3v) is 3.28. The number of carbonyl (C=O) groups is 2. The van der Waals surface area contributed by atoms with Crippen LogP contribution in [0.15, 0.2) is 5.16 Å². The van der Waals surface area contributed by atoms with Crippen LogP contribution in [0, 0.1) is 0 Å². The molecule has 1 aliphatic carbocycles. The van der Waals surface area contributed by atoms with Crippen molar-refractivity contribution in [2.75, 3.05) is 5.75 Å². The minimum absolute atomic E-state index is 0.000779. The number of primary amides is 1. The summed E-state index contributed by atoms with van der Waals surface area (Å²) in [5.41, 5.74) is 5.16. The van der Waals surface area contributed by atoms with Crippen LogP contribution in [0.2, 0.25) is 0 Å². The first-order valence-corrected chi connectivity index (χ1v) is 6.12. The van der Waals surface area contributed by atoms with Crippen molar-refractivity contribution in [2.24, 2.45) is 5.73 Å². The summed E-state index contributed by atoms with van der Waals surface area (Å²) in [4.78, 5) is 21.5. The number of carboxylic acid groups (broad SMARTS) is 1. The van der Waals surface area contributed by atoms with E-state index in [0.717, 1.165) is 30.4 Å². The molecule has 0 spiro atoms. The standard InChI is InChI=1S/C9H12N4O3S/c10-6(14)3-13-8(5-1-2-5)11-12-9(13)17-4-7(15)16/h5H,1-4H2,(H2,10,14)(H,15,16). The van der Waals surface area contributed by atoms with E-state index in [1.54, 1.807) is 4.57 Å². The Hall–Kier alpha value is -1.57. The predicted octanol–water partition coefficient (Wildman–Crippen LogP) is -0.183. The Balaban J connectivity index is 2.18. The minimum Gasteiger partial charge on any atom is -0.481 e. The van der Waals surface area contributed by atoms with Crippen molar-refractivity contribution in [3.05, 3.63) is 5.82 Å². The summed E-state index contributed by atoms with van der Waals surface area (Å²) in [5.74, 6) is -0.458. The van der Waals surface area contributed by atoms with Gasteiger partial charge in [-0.05, 0) is 12.8 Å². The number of rotatable bonds is 6. The van der Waals surface area contributed by atoms with Gasteiger partial charge in [0.05, 0.1) is 5.75 Å². The third kappa shape index (κ3) is 2.96. The number of nitrogens with two attached hydrogens (primary N) is 1. The molecule has 7 nitrogen and oxygen atoms in total. The summed E-state index contributed by atoms with van der Waals surface area (Å²) in [6.45, 7) is 0.000779. The van der Waals surface area contributed by atoms with Gasteiger partial charge in [0.2, 0.25) is 5.91 Å². The second-order valence-electron chi connectivity index (χ2n) is 3.85. The van der Waals surface area contributed by atoms with Crippen LogP contribution in [0.4, 0.5) is 0 Å². The lowest BCUT2D eigenvalue weighted by Crippen LogP contribution is -2.20. The predicted molar refractivity (Wildman–Crippen MR) is 59.6 cm³/mol. The molecule has 17 heavy (non-hydrogen) atoms. The van der Waals surface area contributed by atoms with E-state index in [4.69, 9.17) is 10.8 Å². The Bertz CT molecular complexity index is 455. The molecule has 0 unspecified atom stereocenters. The first-order chi connectivity index (χ1) is 8.08. The molecular formula is C9H12N4O3S. The fourth-order valence-corrected chi connectivity index (χ4v) is 2.15. The van der Waals surface area contributed by atoms with Crippen LogP contribution >= 0.6 is 11.8 Å². The van der Waals surface area contributed by atoms with Crippen molar-refractivity contribution in [1.82, 2.24) is 14.8 Å². The number of thioether (sulfide) groups is 1. The van der Waals surface area contributed by atoms with Gasteiger partial charge in [0.25, 0.3) is 0 Å². The average Bonchev–Trinajstić information content (AvgIpc) is 2.99. The summed E-state index contributed by atoms with van der Waals surface area (Å²) in [5, 5.41) is 17.0. The zero-order chi connectivity index (χ0) is 12.4. The summed E-state index contributed by atoms with van der Waals surface area (Å²) >= 11 is 1.05. The highest BCUT2D eigenvalue weighted by Gasteiger charge is 2.30. The van der Waals surface area contributed by atoms with Crippen molar-refractivity contribution in [2.45, 2.75) is 30.5 Å². The van der Waals surface area contributed by atoms with Gasteiger partial charge in [-0.25, -0.2) is 0 Å². The second-order valence-corrected chi connectivity index (χ2v) is 4.79. The molecule has 0 saturated heterocycles. The zero-order valence-corrected chi connectivity index (χ0v) is 9.81. The Morgan fingerprint density at radius 2 is 2.18 bits per heavy atom. The largest absolute Gasteiger partial charge is 0.481 e. The normalized spacial score (nSPS) is 14.8. The van der Waals surface area contributed by atoms with Crippen LogP contribution in [-0.4, -0.2) is 37.5 Å². The maximum absolute atomic E-state index is 11.0. The average molecular weight is 256 g/mol. The SMILES string of the molecule is NC(=O)Cn1c(SCC(=O)O)nnc1C1CC1. The molecule has 1 fully saturated rings. The first-order valence-electron chi connectivity index (χ1n) is 5.14. The van der Waals surface area contributed by atoms with E-state index < -0.39 is 11.9 Å². The number of amides is 1. The fourth-order valence-electron chi connectivity index (χ4n) is 1.48. The van der Waals surface area contributed by atoms with Crippen molar-refractivity contribution in [3.63, 3.8) is 0 Å². The molecular weight excluding hydrogens is 244 g/mol. The molecule has 2 rings (SSSR count). The summed E-state index contributed by atoms with van der Waals surface area (Å²) in [7, 11) is 0. The summed E-state index contributed by atoms with van der Waals surface area (Å²) in [6.07, 6.45) is 2.06. The number of hydrogen-bond donors (Lipinski definition) is 2. The van der Waals surface area contributed by atoms with Gasteiger partial charge < -0.3 is 10.8 Å². The third-order valence-electron chi connectivity index (χ3n) is 2.33. The number of carbonyl (C=O) groups excluding carboxylic acids is 1. The molecule has 0 radical (unpaired) electrons.